The fraction of sp³-hybridized carbons (Fsp3) is 0.229. The summed E-state index contributed by atoms with van der Waals surface area (Å²) in [5.74, 6) is -2.84. The van der Waals surface area contributed by atoms with Gasteiger partial charge in [-0.3, -0.25) is 4.79 Å². The number of para-hydroxylation sites is 1. The van der Waals surface area contributed by atoms with Crippen molar-refractivity contribution >= 4 is 34.8 Å². The normalized spacial score (nSPS) is 13.3. The molecule has 14 heteroatoms. The number of hydrogen-bond donors (Lipinski definition) is 7. The van der Waals surface area contributed by atoms with Crippen LogP contribution in [0.4, 0.5) is 0 Å². The molecule has 0 aliphatic carbocycles. The number of esters is 3. The van der Waals surface area contributed by atoms with Crippen molar-refractivity contribution in [3.05, 3.63) is 120 Å². The van der Waals surface area contributed by atoms with E-state index < -0.39 is 48.0 Å². The number of aliphatic carboxylic acids is 1. The standard InChI is InChI=1S/C20H21N3O3.C15H18N4O4/c21-16(10-13-6-2-1-3-7-13)19(24)26-20(25)17(22)11-14-12-23-18-9-5-4-8-15(14)18;16-12(14(20)21)5-9-1-3-11(4-2-9)23-15(22)13(17)6-10-7-18-8-19-10/h1-9,12,16-17,23H,10-11,21-22H2;1-4,7-8,12-13H,5-6,16-17H2,(H,18,19)(H,20,21)/t16-,17-;12-,13-/m00/s1. The molecule has 0 fully saturated rings. The van der Waals surface area contributed by atoms with Gasteiger partial charge < -0.3 is 47.5 Å². The summed E-state index contributed by atoms with van der Waals surface area (Å²) in [7, 11) is 0. The lowest BCUT2D eigenvalue weighted by Crippen LogP contribution is -2.41. The molecule has 5 rings (SSSR count). The number of rotatable bonds is 13. The minimum atomic E-state index is -1.06. The molecule has 0 amide bonds. The molecule has 0 aliphatic heterocycles. The first-order chi connectivity index (χ1) is 23.5. The number of imidazole rings is 1. The first-order valence-corrected chi connectivity index (χ1v) is 15.4. The number of ether oxygens (including phenoxy) is 2. The number of carboxylic acid groups (broad SMARTS) is 1. The van der Waals surface area contributed by atoms with Gasteiger partial charge in [-0.2, -0.15) is 0 Å². The van der Waals surface area contributed by atoms with E-state index in [4.69, 9.17) is 37.5 Å². The molecule has 11 N–H and O–H groups in total. The summed E-state index contributed by atoms with van der Waals surface area (Å²) < 4.78 is 10.1. The number of fused-ring (bicyclic) bond motifs is 1. The summed E-state index contributed by atoms with van der Waals surface area (Å²) >= 11 is 0. The second kappa shape index (κ2) is 17.5. The minimum absolute atomic E-state index is 0.197. The molecule has 0 unspecified atom stereocenters. The SMILES string of the molecule is N[C@@H](Cc1ccc(OC(=O)[C@@H](N)Cc2c[nH]cn2)cc1)C(=O)O.N[C@@H](Cc1ccccc1)C(=O)OC(=O)[C@@H](N)Cc1c[nH]c2ccccc12. The number of carboxylic acids is 1. The van der Waals surface area contributed by atoms with Crippen molar-refractivity contribution in [3.8, 4) is 5.75 Å². The Bertz CT molecular complexity index is 1830. The van der Waals surface area contributed by atoms with Gasteiger partial charge in [0, 0.05) is 36.1 Å². The second-order valence-electron chi connectivity index (χ2n) is 11.3. The Kier molecular flexibility index (Phi) is 12.9. The van der Waals surface area contributed by atoms with Crippen molar-refractivity contribution in [2.75, 3.05) is 0 Å². The number of aromatic amines is 2. The maximum atomic E-state index is 12.1. The van der Waals surface area contributed by atoms with Gasteiger partial charge >= 0.3 is 23.9 Å². The number of H-pyrrole nitrogens is 2. The van der Waals surface area contributed by atoms with Crippen LogP contribution in [0.5, 0.6) is 5.75 Å². The zero-order valence-corrected chi connectivity index (χ0v) is 26.5. The van der Waals surface area contributed by atoms with E-state index in [9.17, 15) is 19.2 Å². The number of nitrogens with zero attached hydrogens (tertiary/aromatic N) is 1. The van der Waals surface area contributed by atoms with E-state index in [0.717, 1.165) is 27.6 Å². The van der Waals surface area contributed by atoms with Gasteiger partial charge in [-0.15, -0.1) is 0 Å². The monoisotopic (exact) mass is 669 g/mol. The predicted molar refractivity (Wildman–Crippen MR) is 181 cm³/mol. The lowest BCUT2D eigenvalue weighted by molar-refractivity contribution is -0.161. The lowest BCUT2D eigenvalue weighted by atomic mass is 10.1. The van der Waals surface area contributed by atoms with Gasteiger partial charge in [-0.1, -0.05) is 60.7 Å². The van der Waals surface area contributed by atoms with Crippen LogP contribution in [0.1, 0.15) is 22.4 Å². The molecule has 3 aromatic carbocycles. The van der Waals surface area contributed by atoms with Crippen molar-refractivity contribution < 1.29 is 33.8 Å². The highest BCUT2D eigenvalue weighted by Crippen LogP contribution is 2.19. The van der Waals surface area contributed by atoms with E-state index in [2.05, 4.69) is 15.0 Å². The maximum absolute atomic E-state index is 12.1. The number of nitrogens with one attached hydrogen (secondary N) is 2. The summed E-state index contributed by atoms with van der Waals surface area (Å²) in [5, 5.41) is 9.76. The van der Waals surface area contributed by atoms with Gasteiger partial charge in [-0.05, 0) is 47.7 Å². The molecule has 49 heavy (non-hydrogen) atoms. The molecule has 2 heterocycles. The summed E-state index contributed by atoms with van der Waals surface area (Å²) in [6, 6.07) is 19.8. The van der Waals surface area contributed by atoms with E-state index in [1.165, 1.54) is 6.33 Å². The summed E-state index contributed by atoms with van der Waals surface area (Å²) in [6.45, 7) is 0. The van der Waals surface area contributed by atoms with Crippen LogP contribution in [-0.2, 0) is 49.6 Å². The van der Waals surface area contributed by atoms with Gasteiger partial charge in [0.05, 0.1) is 12.0 Å². The smallest absolute Gasteiger partial charge is 0.330 e. The zero-order valence-electron chi connectivity index (χ0n) is 26.5. The van der Waals surface area contributed by atoms with Crippen LogP contribution in [0.25, 0.3) is 10.9 Å². The highest BCUT2D eigenvalue weighted by Gasteiger charge is 2.24. The predicted octanol–water partition coefficient (Wildman–Crippen LogP) is 1.52. The highest BCUT2D eigenvalue weighted by molar-refractivity contribution is 5.91. The van der Waals surface area contributed by atoms with Crippen molar-refractivity contribution in [3.63, 3.8) is 0 Å². The van der Waals surface area contributed by atoms with Crippen LogP contribution in [0.2, 0.25) is 0 Å². The second-order valence-corrected chi connectivity index (χ2v) is 11.3. The maximum Gasteiger partial charge on any atom is 0.330 e. The zero-order chi connectivity index (χ0) is 35.3. The lowest BCUT2D eigenvalue weighted by Gasteiger charge is -2.13. The van der Waals surface area contributed by atoms with E-state index in [-0.39, 0.29) is 19.3 Å². The molecule has 0 radical (unpaired) electrons. The molecule has 0 bridgehead atoms. The van der Waals surface area contributed by atoms with Crippen LogP contribution >= 0.6 is 0 Å². The molecule has 0 saturated carbocycles. The van der Waals surface area contributed by atoms with Crippen LogP contribution in [0.15, 0.2) is 97.6 Å². The van der Waals surface area contributed by atoms with Crippen molar-refractivity contribution in [1.29, 1.82) is 0 Å². The first kappa shape index (κ1) is 36.2. The number of carbonyl (C=O) groups excluding carboxylic acids is 3. The largest absolute Gasteiger partial charge is 0.480 e. The fourth-order valence-corrected chi connectivity index (χ4v) is 4.76. The van der Waals surface area contributed by atoms with Gasteiger partial charge in [0.2, 0.25) is 0 Å². The summed E-state index contributed by atoms with van der Waals surface area (Å²) in [4.78, 5) is 56.7. The number of aromatic nitrogens is 3. The van der Waals surface area contributed by atoms with Crippen LogP contribution < -0.4 is 27.7 Å². The molecule has 2 aromatic heterocycles. The number of carbonyl (C=O) groups is 4. The minimum Gasteiger partial charge on any atom is -0.480 e. The van der Waals surface area contributed by atoms with E-state index in [1.807, 2.05) is 54.6 Å². The van der Waals surface area contributed by atoms with Gasteiger partial charge in [0.25, 0.3) is 0 Å². The third kappa shape index (κ3) is 10.9. The summed E-state index contributed by atoms with van der Waals surface area (Å²) in [5.41, 5.74) is 27.2. The van der Waals surface area contributed by atoms with Crippen LogP contribution in [0, 0.1) is 0 Å². The number of hydrogen-bond acceptors (Lipinski definition) is 11. The molecule has 256 valence electrons. The molecule has 0 spiro atoms. The average Bonchev–Trinajstić information content (AvgIpc) is 3.76. The van der Waals surface area contributed by atoms with Gasteiger partial charge in [0.15, 0.2) is 0 Å². The average molecular weight is 670 g/mol. The van der Waals surface area contributed by atoms with Crippen LogP contribution in [-0.4, -0.2) is 68.1 Å². The molecular formula is C35H39N7O7. The van der Waals surface area contributed by atoms with Crippen molar-refractivity contribution in [2.45, 2.75) is 49.9 Å². The topological polar surface area (TPSA) is 256 Å². The van der Waals surface area contributed by atoms with Gasteiger partial charge in [0.1, 0.15) is 29.9 Å². The van der Waals surface area contributed by atoms with Crippen molar-refractivity contribution in [2.24, 2.45) is 22.9 Å². The Morgan fingerprint density at radius 3 is 1.92 bits per heavy atom. The Morgan fingerprint density at radius 1 is 0.673 bits per heavy atom. The molecule has 0 aliphatic rings. The van der Waals surface area contributed by atoms with Gasteiger partial charge in [-0.25, -0.2) is 19.4 Å². The van der Waals surface area contributed by atoms with Crippen LogP contribution in [0.3, 0.4) is 0 Å². The Hall–Kier alpha value is -5.67. The van der Waals surface area contributed by atoms with Crippen molar-refractivity contribution in [1.82, 2.24) is 15.0 Å². The third-order valence-electron chi connectivity index (χ3n) is 7.42. The molecule has 4 atom stereocenters. The molecule has 5 aromatic rings. The van der Waals surface area contributed by atoms with E-state index in [0.29, 0.717) is 17.9 Å². The van der Waals surface area contributed by atoms with E-state index in [1.54, 1.807) is 36.7 Å². The molecular weight excluding hydrogens is 630 g/mol. The third-order valence-corrected chi connectivity index (χ3v) is 7.42. The first-order valence-electron chi connectivity index (χ1n) is 15.4. The van der Waals surface area contributed by atoms with E-state index >= 15 is 0 Å². The summed E-state index contributed by atoms with van der Waals surface area (Å²) in [6.07, 6.45) is 6.01. The fourth-order valence-electron chi connectivity index (χ4n) is 4.76. The quantitative estimate of drug-likeness (QED) is 0.0535. The Morgan fingerprint density at radius 2 is 1.27 bits per heavy atom. The Balaban J connectivity index is 0.000000223. The number of nitrogens with two attached hydrogens (primary N) is 4. The molecule has 0 saturated heterocycles. The highest BCUT2D eigenvalue weighted by atomic mass is 16.6. The number of benzene rings is 3. The molecule has 14 nitrogen and oxygen atoms in total. The Labute approximate surface area is 281 Å².